The summed E-state index contributed by atoms with van der Waals surface area (Å²) in [6, 6.07) is 0.163. The van der Waals surface area contributed by atoms with Crippen LogP contribution in [0.2, 0.25) is 0 Å². The van der Waals surface area contributed by atoms with Crippen LogP contribution in [0.5, 0.6) is 0 Å². The molecular weight excluding hydrogens is 410 g/mol. The number of fused-ring (bicyclic) bond motifs is 2. The molecule has 7 heteroatoms. The number of aliphatic hydroxyl groups is 2. The smallest absolute Gasteiger partial charge is 0.302 e. The molecule has 1 spiro atoms. The maximum absolute atomic E-state index is 12.5. The Morgan fingerprint density at radius 3 is 2.66 bits per heavy atom. The van der Waals surface area contributed by atoms with Crippen LogP contribution < -0.4 is 0 Å². The number of piperidine rings is 1. The number of hydrogen-bond acceptors (Lipinski definition) is 7. The fraction of sp³-hybridized carbons (Fsp3) is 0.960. The van der Waals surface area contributed by atoms with Crippen molar-refractivity contribution in [3.8, 4) is 0 Å². The molecule has 7 bridgehead atoms. The molecule has 1 saturated heterocycles. The van der Waals surface area contributed by atoms with E-state index in [-0.39, 0.29) is 58.7 Å². The van der Waals surface area contributed by atoms with E-state index in [1.54, 1.807) is 14.2 Å². The van der Waals surface area contributed by atoms with Crippen LogP contribution in [0, 0.1) is 40.4 Å². The topological polar surface area (TPSA) is 88.5 Å². The number of esters is 1. The summed E-state index contributed by atoms with van der Waals surface area (Å²) in [5.74, 6) is 0.164. The van der Waals surface area contributed by atoms with Gasteiger partial charge in [0.05, 0.1) is 24.4 Å². The molecule has 0 aromatic rings. The van der Waals surface area contributed by atoms with Gasteiger partial charge in [-0.05, 0) is 44.1 Å². The molecule has 0 radical (unpaired) electrons. The van der Waals surface area contributed by atoms with E-state index in [2.05, 4.69) is 11.8 Å². The van der Waals surface area contributed by atoms with Crippen LogP contribution in [-0.2, 0) is 19.0 Å². The number of nitrogens with zero attached hydrogens (tertiary/aromatic N) is 1. The van der Waals surface area contributed by atoms with E-state index in [1.165, 1.54) is 6.92 Å². The van der Waals surface area contributed by atoms with E-state index in [0.717, 1.165) is 38.8 Å². The number of rotatable bonds is 5. The van der Waals surface area contributed by atoms with Gasteiger partial charge in [0.2, 0.25) is 0 Å². The molecule has 0 aromatic heterocycles. The summed E-state index contributed by atoms with van der Waals surface area (Å²) >= 11 is 0. The van der Waals surface area contributed by atoms with Crippen molar-refractivity contribution in [3.05, 3.63) is 0 Å². The molecule has 1 heterocycles. The SMILES string of the molecule is CCN1C[C@]2(COC)CC[C@H](O)[C@@]34[C@@H]5C[C@H]6[C@@H](OC(C)=O)[C@@H]5[C@](O)(C[C@@H]6OC)[C@@H](C[C@H]23)[C@@H]14. The van der Waals surface area contributed by atoms with E-state index < -0.39 is 11.7 Å². The lowest BCUT2D eigenvalue weighted by molar-refractivity contribution is -0.274. The summed E-state index contributed by atoms with van der Waals surface area (Å²) in [6.45, 7) is 6.27. The summed E-state index contributed by atoms with van der Waals surface area (Å²) in [4.78, 5) is 14.7. The summed E-state index contributed by atoms with van der Waals surface area (Å²) < 4.78 is 17.7. The Morgan fingerprint density at radius 2 is 2.00 bits per heavy atom. The highest BCUT2D eigenvalue weighted by Gasteiger charge is 2.83. The van der Waals surface area contributed by atoms with Crippen molar-refractivity contribution < 1.29 is 29.2 Å². The Morgan fingerprint density at radius 1 is 1.22 bits per heavy atom. The second-order valence-corrected chi connectivity index (χ2v) is 11.8. The summed E-state index contributed by atoms with van der Waals surface area (Å²) in [7, 11) is 3.51. The van der Waals surface area contributed by atoms with Gasteiger partial charge in [-0.2, -0.15) is 0 Å². The van der Waals surface area contributed by atoms with Crippen molar-refractivity contribution in [3.63, 3.8) is 0 Å². The highest BCUT2D eigenvalue weighted by Crippen LogP contribution is 2.79. The average molecular weight is 450 g/mol. The highest BCUT2D eigenvalue weighted by atomic mass is 16.5. The lowest BCUT2D eigenvalue weighted by Gasteiger charge is -2.69. The largest absolute Gasteiger partial charge is 0.462 e. The normalized spacial score (nSPS) is 57.5. The van der Waals surface area contributed by atoms with Gasteiger partial charge in [0.25, 0.3) is 0 Å². The van der Waals surface area contributed by atoms with Gasteiger partial charge in [-0.3, -0.25) is 9.69 Å². The lowest BCUT2D eigenvalue weighted by Crippen LogP contribution is -2.76. The first-order valence-corrected chi connectivity index (χ1v) is 12.6. The molecule has 6 rings (SSSR count). The number of ether oxygens (including phenoxy) is 3. The van der Waals surface area contributed by atoms with Crippen LogP contribution in [0.25, 0.3) is 0 Å². The first kappa shape index (κ1) is 21.8. The van der Waals surface area contributed by atoms with E-state index >= 15 is 0 Å². The van der Waals surface area contributed by atoms with E-state index in [9.17, 15) is 15.0 Å². The maximum atomic E-state index is 12.5. The van der Waals surface area contributed by atoms with Gasteiger partial charge in [0, 0.05) is 68.7 Å². The van der Waals surface area contributed by atoms with Gasteiger partial charge in [0.15, 0.2) is 0 Å². The van der Waals surface area contributed by atoms with Crippen LogP contribution in [0.3, 0.4) is 0 Å². The number of carbonyl (C=O) groups is 1. The van der Waals surface area contributed by atoms with Crippen molar-refractivity contribution in [1.29, 1.82) is 0 Å². The third-order valence-electron chi connectivity index (χ3n) is 11.2. The molecule has 1 aliphatic heterocycles. The van der Waals surface area contributed by atoms with Gasteiger partial charge in [-0.1, -0.05) is 6.92 Å². The summed E-state index contributed by atoms with van der Waals surface area (Å²) in [5, 5.41) is 24.4. The molecule has 2 N–H and O–H groups in total. The maximum Gasteiger partial charge on any atom is 0.302 e. The quantitative estimate of drug-likeness (QED) is 0.614. The molecule has 5 saturated carbocycles. The van der Waals surface area contributed by atoms with Crippen LogP contribution in [-0.4, -0.2) is 85.0 Å². The molecule has 0 aromatic carbocycles. The zero-order valence-corrected chi connectivity index (χ0v) is 19.8. The van der Waals surface area contributed by atoms with Gasteiger partial charge < -0.3 is 24.4 Å². The van der Waals surface area contributed by atoms with Crippen molar-refractivity contribution in [2.24, 2.45) is 40.4 Å². The van der Waals surface area contributed by atoms with E-state index in [4.69, 9.17) is 14.2 Å². The van der Waals surface area contributed by atoms with Gasteiger partial charge in [-0.15, -0.1) is 0 Å². The van der Waals surface area contributed by atoms with Crippen molar-refractivity contribution in [2.45, 2.75) is 75.9 Å². The monoisotopic (exact) mass is 449 g/mol. The Labute approximate surface area is 190 Å². The second-order valence-electron chi connectivity index (χ2n) is 11.8. The Hall–Kier alpha value is -0.730. The fourth-order valence-electron chi connectivity index (χ4n) is 10.7. The molecule has 5 aliphatic carbocycles. The first-order valence-electron chi connectivity index (χ1n) is 12.6. The third-order valence-corrected chi connectivity index (χ3v) is 11.2. The molecule has 0 amide bonds. The zero-order chi connectivity index (χ0) is 22.6. The lowest BCUT2D eigenvalue weighted by atomic mass is 9.43. The van der Waals surface area contributed by atoms with Gasteiger partial charge >= 0.3 is 5.97 Å². The predicted molar refractivity (Wildman–Crippen MR) is 116 cm³/mol. The minimum Gasteiger partial charge on any atom is -0.462 e. The van der Waals surface area contributed by atoms with E-state index in [0.29, 0.717) is 18.9 Å². The van der Waals surface area contributed by atoms with Gasteiger partial charge in [-0.25, -0.2) is 0 Å². The third kappa shape index (κ3) is 2.28. The number of hydrogen-bond donors (Lipinski definition) is 2. The molecule has 6 aliphatic rings. The molecule has 0 unspecified atom stereocenters. The van der Waals surface area contributed by atoms with E-state index in [1.807, 2.05) is 0 Å². The summed E-state index contributed by atoms with van der Waals surface area (Å²) in [6.07, 6.45) is 3.27. The standard InChI is InChI=1S/C25H39NO6/c1-5-26-11-23(12-30-3)7-6-19(28)25-15-8-14-17(31-4)10-24(29,16(22(25)26)9-18(23)25)20(15)21(14)32-13(2)27/h14-22,28-29H,5-12H2,1-4H3/t14-,15-,16+,17+,18-,19+,20-,21-,22-,23+,24+,25-/m1/s1. The first-order chi connectivity index (χ1) is 15.3. The second kappa shape index (κ2) is 6.91. The number of methoxy groups -OCH3 is 2. The van der Waals surface area contributed by atoms with Crippen LogP contribution >= 0.6 is 0 Å². The molecule has 32 heavy (non-hydrogen) atoms. The Kier molecular flexibility index (Phi) is 4.70. The molecule has 12 atom stereocenters. The number of aliphatic hydroxyl groups excluding tert-OH is 1. The molecule has 180 valence electrons. The Balaban J connectivity index is 1.56. The zero-order valence-electron chi connectivity index (χ0n) is 19.8. The van der Waals surface area contributed by atoms with Crippen LogP contribution in [0.4, 0.5) is 0 Å². The molecular formula is C25H39NO6. The van der Waals surface area contributed by atoms with Crippen LogP contribution in [0.1, 0.15) is 46.0 Å². The van der Waals surface area contributed by atoms with Crippen LogP contribution in [0.15, 0.2) is 0 Å². The van der Waals surface area contributed by atoms with Gasteiger partial charge in [0.1, 0.15) is 6.10 Å². The Bertz CT molecular complexity index is 807. The van der Waals surface area contributed by atoms with Crippen molar-refractivity contribution in [2.75, 3.05) is 33.9 Å². The van der Waals surface area contributed by atoms with Crippen molar-refractivity contribution >= 4 is 5.97 Å². The fourth-order valence-corrected chi connectivity index (χ4v) is 10.7. The molecule has 6 fully saturated rings. The molecule has 7 nitrogen and oxygen atoms in total. The average Bonchev–Trinajstić information content (AvgIpc) is 3.20. The summed E-state index contributed by atoms with van der Waals surface area (Å²) in [5.41, 5.74) is -1.20. The number of carbonyl (C=O) groups excluding carboxylic acids is 1. The van der Waals surface area contributed by atoms with Crippen molar-refractivity contribution in [1.82, 2.24) is 4.90 Å². The highest BCUT2D eigenvalue weighted by molar-refractivity contribution is 5.66. The predicted octanol–water partition coefficient (Wildman–Crippen LogP) is 1.45. The number of likely N-dealkylation sites (tertiary alicyclic amines) is 1. The minimum atomic E-state index is -0.942. The minimum absolute atomic E-state index is 0.0138.